The summed E-state index contributed by atoms with van der Waals surface area (Å²) >= 11 is 6.18. The normalized spacial score (nSPS) is 12.1. The summed E-state index contributed by atoms with van der Waals surface area (Å²) in [6, 6.07) is 30.0. The second kappa shape index (κ2) is 11.0. The molecule has 1 atom stereocenters. The minimum atomic E-state index is -4.04. The third-order valence-corrected chi connectivity index (χ3v) is 7.95. The van der Waals surface area contributed by atoms with Gasteiger partial charge >= 0.3 is 0 Å². The van der Waals surface area contributed by atoms with E-state index in [0.29, 0.717) is 10.7 Å². The first-order valence-corrected chi connectivity index (χ1v) is 13.3. The smallest absolute Gasteiger partial charge is 0.264 e. The number of carbonyl (C=O) groups is 1. The van der Waals surface area contributed by atoms with E-state index in [2.05, 4.69) is 5.32 Å². The first-order valence-electron chi connectivity index (χ1n) is 11.5. The van der Waals surface area contributed by atoms with Crippen LogP contribution in [0.15, 0.2) is 108 Å². The molecule has 7 heteroatoms. The van der Waals surface area contributed by atoms with Crippen molar-refractivity contribution in [1.82, 2.24) is 5.32 Å². The van der Waals surface area contributed by atoms with Crippen molar-refractivity contribution in [2.24, 2.45) is 0 Å². The molecule has 0 spiro atoms. The van der Waals surface area contributed by atoms with Crippen molar-refractivity contribution in [2.75, 3.05) is 10.8 Å². The Morgan fingerprint density at radius 3 is 2.19 bits per heavy atom. The molecule has 0 bridgehead atoms. The molecule has 0 unspecified atom stereocenters. The molecule has 4 aromatic rings. The molecular formula is C29H27ClN2O3S. The van der Waals surface area contributed by atoms with Gasteiger partial charge < -0.3 is 5.32 Å². The summed E-state index contributed by atoms with van der Waals surface area (Å²) in [6.07, 6.45) is 0. The summed E-state index contributed by atoms with van der Waals surface area (Å²) in [5, 5.41) is 3.43. The van der Waals surface area contributed by atoms with Crippen molar-refractivity contribution in [3.8, 4) is 0 Å². The predicted molar refractivity (Wildman–Crippen MR) is 145 cm³/mol. The SMILES string of the molecule is Cc1ccc(S(=O)(=O)N(CC(=O)N[C@H](c2ccccc2)c2ccccc2C)c2cccc(Cl)c2)cc1. The van der Waals surface area contributed by atoms with Gasteiger partial charge in [-0.2, -0.15) is 0 Å². The Morgan fingerprint density at radius 2 is 1.53 bits per heavy atom. The van der Waals surface area contributed by atoms with E-state index in [0.717, 1.165) is 26.6 Å². The van der Waals surface area contributed by atoms with Gasteiger partial charge in [-0.25, -0.2) is 8.42 Å². The van der Waals surface area contributed by atoms with Crippen LogP contribution in [-0.4, -0.2) is 20.9 Å². The van der Waals surface area contributed by atoms with Crippen LogP contribution in [0, 0.1) is 13.8 Å². The topological polar surface area (TPSA) is 66.5 Å². The third-order valence-electron chi connectivity index (χ3n) is 5.93. The van der Waals surface area contributed by atoms with Gasteiger partial charge in [-0.15, -0.1) is 0 Å². The van der Waals surface area contributed by atoms with Crippen molar-refractivity contribution < 1.29 is 13.2 Å². The number of nitrogens with one attached hydrogen (secondary N) is 1. The highest BCUT2D eigenvalue weighted by atomic mass is 35.5. The number of hydrogen-bond acceptors (Lipinski definition) is 3. The van der Waals surface area contributed by atoms with E-state index in [4.69, 9.17) is 11.6 Å². The minimum Gasteiger partial charge on any atom is -0.344 e. The van der Waals surface area contributed by atoms with Gasteiger partial charge in [0.1, 0.15) is 6.54 Å². The summed E-state index contributed by atoms with van der Waals surface area (Å²) in [6.45, 7) is 3.46. The Labute approximate surface area is 217 Å². The third kappa shape index (κ3) is 5.78. The fraction of sp³-hybridized carbons (Fsp3) is 0.138. The van der Waals surface area contributed by atoms with Crippen molar-refractivity contribution in [2.45, 2.75) is 24.8 Å². The summed E-state index contributed by atoms with van der Waals surface area (Å²) in [5.74, 6) is -0.442. The lowest BCUT2D eigenvalue weighted by atomic mass is 9.95. The molecule has 0 heterocycles. The number of benzene rings is 4. The van der Waals surface area contributed by atoms with Gasteiger partial charge in [-0.3, -0.25) is 9.10 Å². The average Bonchev–Trinajstić information content (AvgIpc) is 2.87. The van der Waals surface area contributed by atoms with E-state index in [9.17, 15) is 13.2 Å². The van der Waals surface area contributed by atoms with E-state index in [-0.39, 0.29) is 4.90 Å². The van der Waals surface area contributed by atoms with Gasteiger partial charge in [-0.05, 0) is 60.9 Å². The van der Waals surface area contributed by atoms with Gasteiger partial charge in [0.05, 0.1) is 16.6 Å². The predicted octanol–water partition coefficient (Wildman–Crippen LogP) is 6.06. The fourth-order valence-electron chi connectivity index (χ4n) is 4.02. The monoisotopic (exact) mass is 518 g/mol. The van der Waals surface area contributed by atoms with E-state index < -0.39 is 28.5 Å². The summed E-state index contributed by atoms with van der Waals surface area (Å²) in [4.78, 5) is 13.6. The molecule has 5 nitrogen and oxygen atoms in total. The molecule has 4 rings (SSSR count). The molecule has 4 aromatic carbocycles. The molecule has 36 heavy (non-hydrogen) atoms. The second-order valence-electron chi connectivity index (χ2n) is 8.57. The quantitative estimate of drug-likeness (QED) is 0.308. The van der Waals surface area contributed by atoms with Crippen LogP contribution in [0.5, 0.6) is 0 Å². The Hall–Kier alpha value is -3.61. The molecule has 1 N–H and O–H groups in total. The van der Waals surface area contributed by atoms with E-state index in [1.165, 1.54) is 6.07 Å². The van der Waals surface area contributed by atoms with Gasteiger partial charge in [0.15, 0.2) is 0 Å². The van der Waals surface area contributed by atoms with E-state index >= 15 is 0 Å². The maximum Gasteiger partial charge on any atom is 0.264 e. The standard InChI is InChI=1S/C29H27ClN2O3S/c1-21-15-17-26(18-16-21)36(34,35)32(25-13-8-12-24(30)19-25)20-28(33)31-29(23-10-4-3-5-11-23)27-14-7-6-9-22(27)2/h3-19,29H,20H2,1-2H3,(H,31,33)/t29-/m1/s1. The maximum atomic E-state index is 13.7. The molecule has 0 saturated carbocycles. The lowest BCUT2D eigenvalue weighted by Gasteiger charge is -2.27. The van der Waals surface area contributed by atoms with Crippen LogP contribution in [-0.2, 0) is 14.8 Å². The minimum absolute atomic E-state index is 0.0967. The van der Waals surface area contributed by atoms with Crippen LogP contribution >= 0.6 is 11.6 Å². The van der Waals surface area contributed by atoms with E-state index in [1.807, 2.05) is 68.4 Å². The molecule has 184 valence electrons. The Morgan fingerprint density at radius 1 is 0.861 bits per heavy atom. The van der Waals surface area contributed by atoms with Gasteiger partial charge in [0.25, 0.3) is 10.0 Å². The summed E-state index contributed by atoms with van der Waals surface area (Å²) in [7, 11) is -4.04. The number of anilines is 1. The molecular weight excluding hydrogens is 492 g/mol. The zero-order valence-corrected chi connectivity index (χ0v) is 21.6. The highest BCUT2D eigenvalue weighted by Crippen LogP contribution is 2.28. The molecule has 0 aliphatic heterocycles. The number of carbonyl (C=O) groups excluding carboxylic acids is 1. The number of nitrogens with zero attached hydrogens (tertiary/aromatic N) is 1. The van der Waals surface area contributed by atoms with Gasteiger partial charge in [-0.1, -0.05) is 90.0 Å². The van der Waals surface area contributed by atoms with E-state index in [1.54, 1.807) is 42.5 Å². The molecule has 0 saturated heterocycles. The zero-order chi connectivity index (χ0) is 25.7. The molecule has 0 aliphatic carbocycles. The Kier molecular flexibility index (Phi) is 7.77. The highest BCUT2D eigenvalue weighted by Gasteiger charge is 2.29. The summed E-state index contributed by atoms with van der Waals surface area (Å²) < 4.78 is 28.4. The van der Waals surface area contributed by atoms with Crippen molar-refractivity contribution in [1.29, 1.82) is 0 Å². The second-order valence-corrected chi connectivity index (χ2v) is 10.9. The van der Waals surface area contributed by atoms with Crippen LogP contribution in [0.1, 0.15) is 28.3 Å². The highest BCUT2D eigenvalue weighted by molar-refractivity contribution is 7.92. The molecule has 0 fully saturated rings. The van der Waals surface area contributed by atoms with Crippen LogP contribution in [0.25, 0.3) is 0 Å². The number of rotatable bonds is 8. The Balaban J connectivity index is 1.70. The molecule has 1 amide bonds. The van der Waals surface area contributed by atoms with Crippen LogP contribution in [0.4, 0.5) is 5.69 Å². The zero-order valence-electron chi connectivity index (χ0n) is 20.1. The first-order chi connectivity index (χ1) is 17.3. The van der Waals surface area contributed by atoms with Crippen LogP contribution < -0.4 is 9.62 Å². The van der Waals surface area contributed by atoms with Gasteiger partial charge in [0.2, 0.25) is 5.91 Å². The van der Waals surface area contributed by atoms with Crippen molar-refractivity contribution in [3.05, 3.63) is 130 Å². The maximum absolute atomic E-state index is 13.7. The molecule has 0 aliphatic rings. The average molecular weight is 519 g/mol. The number of aryl methyl sites for hydroxylation is 2. The molecule has 0 radical (unpaired) electrons. The lowest BCUT2D eigenvalue weighted by Crippen LogP contribution is -2.42. The molecule has 0 aromatic heterocycles. The number of hydrogen-bond donors (Lipinski definition) is 1. The van der Waals surface area contributed by atoms with Crippen molar-refractivity contribution in [3.63, 3.8) is 0 Å². The van der Waals surface area contributed by atoms with Crippen LogP contribution in [0.2, 0.25) is 5.02 Å². The van der Waals surface area contributed by atoms with Crippen molar-refractivity contribution >= 4 is 33.2 Å². The largest absolute Gasteiger partial charge is 0.344 e. The number of sulfonamides is 1. The van der Waals surface area contributed by atoms with Crippen LogP contribution in [0.3, 0.4) is 0 Å². The fourth-order valence-corrected chi connectivity index (χ4v) is 5.61. The lowest BCUT2D eigenvalue weighted by molar-refractivity contribution is -0.120. The Bertz CT molecular complexity index is 1460. The first kappa shape index (κ1) is 25.5. The number of amides is 1. The summed E-state index contributed by atoms with van der Waals surface area (Å²) in [5.41, 5.74) is 4.10. The number of halogens is 1. The van der Waals surface area contributed by atoms with Gasteiger partial charge in [0, 0.05) is 5.02 Å².